The summed E-state index contributed by atoms with van der Waals surface area (Å²) in [6.07, 6.45) is 3.56. The second kappa shape index (κ2) is 8.84. The van der Waals surface area contributed by atoms with Crippen LogP contribution in [0.5, 0.6) is 5.75 Å². The van der Waals surface area contributed by atoms with E-state index in [-0.39, 0.29) is 11.6 Å². The fourth-order valence-corrected chi connectivity index (χ4v) is 4.01. The number of oxazole rings is 1. The van der Waals surface area contributed by atoms with E-state index >= 15 is 0 Å². The van der Waals surface area contributed by atoms with Gasteiger partial charge in [0.2, 0.25) is 17.5 Å². The molecule has 0 unspecified atom stereocenters. The van der Waals surface area contributed by atoms with Gasteiger partial charge in [0.15, 0.2) is 0 Å². The van der Waals surface area contributed by atoms with Crippen LogP contribution in [0.15, 0.2) is 46.2 Å². The number of piperazine rings is 1. The number of carbonyl (C=O) groups excluding carboxylic acids is 1. The van der Waals surface area contributed by atoms with Gasteiger partial charge in [-0.25, -0.2) is 0 Å². The van der Waals surface area contributed by atoms with Crippen LogP contribution < -0.4 is 9.64 Å². The number of nitrogens with zero attached hydrogens (tertiary/aromatic N) is 4. The first-order valence-corrected chi connectivity index (χ1v) is 10.4. The molecule has 3 heterocycles. The molecule has 7 nitrogen and oxygen atoms in total. The zero-order valence-corrected chi connectivity index (χ0v) is 17.3. The Kier molecular flexibility index (Phi) is 5.82. The van der Waals surface area contributed by atoms with E-state index in [2.05, 4.69) is 11.1 Å². The molecule has 0 spiro atoms. The summed E-state index contributed by atoms with van der Waals surface area (Å²) in [6.45, 7) is 2.29. The summed E-state index contributed by atoms with van der Waals surface area (Å²) in [5.41, 5.74) is 1.13. The lowest BCUT2D eigenvalue weighted by Gasteiger charge is -2.34. The van der Waals surface area contributed by atoms with E-state index in [1.165, 1.54) is 11.3 Å². The lowest BCUT2D eigenvalue weighted by Crippen LogP contribution is -2.48. The largest absolute Gasteiger partial charge is 0.496 e. The third-order valence-electron chi connectivity index (χ3n) is 4.86. The van der Waals surface area contributed by atoms with Gasteiger partial charge in [-0.15, -0.1) is 11.3 Å². The lowest BCUT2D eigenvalue weighted by molar-refractivity contribution is 0.0750. The first-order valence-electron chi connectivity index (χ1n) is 9.49. The molecule has 0 atom stereocenters. The van der Waals surface area contributed by atoms with Crippen LogP contribution in [0.4, 0.5) is 5.88 Å². The van der Waals surface area contributed by atoms with Gasteiger partial charge in [0.1, 0.15) is 11.8 Å². The number of para-hydroxylation sites is 1. The van der Waals surface area contributed by atoms with Gasteiger partial charge in [0.05, 0.1) is 12.0 Å². The van der Waals surface area contributed by atoms with Crippen LogP contribution in [0.25, 0.3) is 12.2 Å². The maximum Gasteiger partial charge on any atom is 0.264 e. The Bertz CT molecular complexity index is 1090. The first kappa shape index (κ1) is 19.7. The van der Waals surface area contributed by atoms with Crippen molar-refractivity contribution in [3.8, 4) is 11.8 Å². The summed E-state index contributed by atoms with van der Waals surface area (Å²) >= 11 is 1.44. The van der Waals surface area contributed by atoms with Gasteiger partial charge in [-0.3, -0.25) is 4.79 Å². The maximum atomic E-state index is 12.5. The van der Waals surface area contributed by atoms with Crippen LogP contribution in [0.3, 0.4) is 0 Å². The van der Waals surface area contributed by atoms with Crippen LogP contribution in [0.1, 0.15) is 26.8 Å². The smallest absolute Gasteiger partial charge is 0.264 e. The highest BCUT2D eigenvalue weighted by atomic mass is 32.1. The molecular formula is C22H20N4O3S. The molecule has 0 aliphatic carbocycles. The normalized spacial score (nSPS) is 14.1. The predicted molar refractivity (Wildman–Crippen MR) is 116 cm³/mol. The SMILES string of the molecule is COc1ccccc1C=Cc1nc(C#N)c(N2CCN(C(=O)c3cccs3)CC2)o1. The molecule has 1 fully saturated rings. The Morgan fingerprint density at radius 2 is 2.00 bits per heavy atom. The Hall–Kier alpha value is -3.57. The van der Waals surface area contributed by atoms with Crippen molar-refractivity contribution in [3.63, 3.8) is 0 Å². The Morgan fingerprint density at radius 1 is 1.20 bits per heavy atom. The van der Waals surface area contributed by atoms with Gasteiger partial charge in [0, 0.05) is 37.8 Å². The van der Waals surface area contributed by atoms with Gasteiger partial charge in [-0.05, 0) is 23.6 Å². The Labute approximate surface area is 178 Å². The van der Waals surface area contributed by atoms with Crippen LogP contribution >= 0.6 is 11.3 Å². The fourth-order valence-electron chi connectivity index (χ4n) is 3.32. The van der Waals surface area contributed by atoms with Crippen molar-refractivity contribution in [2.75, 3.05) is 38.2 Å². The fraction of sp³-hybridized carbons (Fsp3) is 0.227. The number of amides is 1. The lowest BCUT2D eigenvalue weighted by atomic mass is 10.2. The summed E-state index contributed by atoms with van der Waals surface area (Å²) < 4.78 is 11.2. The van der Waals surface area contributed by atoms with E-state index in [0.717, 1.165) is 16.2 Å². The molecule has 0 bridgehead atoms. The van der Waals surface area contributed by atoms with Crippen molar-refractivity contribution in [1.82, 2.24) is 9.88 Å². The van der Waals surface area contributed by atoms with Gasteiger partial charge in [-0.1, -0.05) is 24.3 Å². The molecule has 152 valence electrons. The summed E-state index contributed by atoms with van der Waals surface area (Å²) in [4.78, 5) is 21.3. The van der Waals surface area contributed by atoms with Crippen molar-refractivity contribution >= 4 is 35.3 Å². The van der Waals surface area contributed by atoms with Crippen molar-refractivity contribution in [3.05, 3.63) is 63.8 Å². The van der Waals surface area contributed by atoms with Crippen molar-refractivity contribution in [2.24, 2.45) is 0 Å². The van der Waals surface area contributed by atoms with Gasteiger partial charge < -0.3 is 19.0 Å². The molecule has 0 radical (unpaired) electrons. The molecule has 0 N–H and O–H groups in total. The summed E-state index contributed by atoms with van der Waals surface area (Å²) in [5, 5.41) is 11.4. The quantitative estimate of drug-likeness (QED) is 0.625. The van der Waals surface area contributed by atoms with Crippen LogP contribution in [-0.4, -0.2) is 49.1 Å². The van der Waals surface area contributed by atoms with E-state index in [4.69, 9.17) is 9.15 Å². The topological polar surface area (TPSA) is 82.6 Å². The Morgan fingerprint density at radius 3 is 2.70 bits per heavy atom. The minimum absolute atomic E-state index is 0.0446. The monoisotopic (exact) mass is 420 g/mol. The molecule has 3 aromatic rings. The average molecular weight is 420 g/mol. The third kappa shape index (κ3) is 4.07. The van der Waals surface area contributed by atoms with Gasteiger partial charge in [-0.2, -0.15) is 10.2 Å². The first-order chi connectivity index (χ1) is 14.7. The van der Waals surface area contributed by atoms with Crippen LogP contribution in [-0.2, 0) is 0 Å². The molecule has 30 heavy (non-hydrogen) atoms. The molecule has 1 aliphatic heterocycles. The predicted octanol–water partition coefficient (Wildman–Crippen LogP) is 3.75. The van der Waals surface area contributed by atoms with Crippen molar-refractivity contribution in [2.45, 2.75) is 0 Å². The number of hydrogen-bond donors (Lipinski definition) is 0. The van der Waals surface area contributed by atoms with Gasteiger partial charge in [0.25, 0.3) is 5.91 Å². The number of nitriles is 1. The minimum Gasteiger partial charge on any atom is -0.496 e. The number of methoxy groups -OCH3 is 1. The average Bonchev–Trinajstić information content (AvgIpc) is 3.47. The summed E-state index contributed by atoms with van der Waals surface area (Å²) in [6, 6.07) is 13.4. The number of aromatic nitrogens is 1. The number of ether oxygens (including phenoxy) is 1. The molecule has 0 saturated carbocycles. The molecule has 1 amide bonds. The highest BCUT2D eigenvalue weighted by molar-refractivity contribution is 7.12. The number of carbonyl (C=O) groups is 1. The number of thiophene rings is 1. The zero-order valence-electron chi connectivity index (χ0n) is 16.4. The molecule has 8 heteroatoms. The highest BCUT2D eigenvalue weighted by Crippen LogP contribution is 2.26. The van der Waals surface area contributed by atoms with E-state index < -0.39 is 0 Å². The van der Waals surface area contributed by atoms with E-state index in [1.807, 2.05) is 57.7 Å². The molecule has 1 aliphatic rings. The number of benzene rings is 1. The molecule has 2 aromatic heterocycles. The summed E-state index contributed by atoms with van der Waals surface area (Å²) in [7, 11) is 1.62. The van der Waals surface area contributed by atoms with E-state index in [1.54, 1.807) is 13.2 Å². The van der Waals surface area contributed by atoms with E-state index in [0.29, 0.717) is 38.0 Å². The van der Waals surface area contributed by atoms with Crippen molar-refractivity contribution in [1.29, 1.82) is 5.26 Å². The van der Waals surface area contributed by atoms with Crippen LogP contribution in [0, 0.1) is 11.3 Å². The highest BCUT2D eigenvalue weighted by Gasteiger charge is 2.26. The standard InChI is InChI=1S/C22H20N4O3S/c1-28-18-6-3-2-5-16(18)8-9-20-24-17(15-23)22(29-20)26-12-10-25(11-13-26)21(27)19-7-4-14-30-19/h2-9,14H,10-13H2,1H3. The molecular weight excluding hydrogens is 400 g/mol. The maximum absolute atomic E-state index is 12.5. The Balaban J connectivity index is 1.47. The second-order valence-corrected chi connectivity index (χ2v) is 7.60. The number of anilines is 1. The second-order valence-electron chi connectivity index (χ2n) is 6.65. The third-order valence-corrected chi connectivity index (χ3v) is 5.72. The minimum atomic E-state index is 0.0446. The zero-order chi connectivity index (χ0) is 20.9. The molecule has 1 aromatic carbocycles. The molecule has 1 saturated heterocycles. The summed E-state index contributed by atoms with van der Waals surface area (Å²) in [5.74, 6) is 1.58. The van der Waals surface area contributed by atoms with Crippen molar-refractivity contribution < 1.29 is 13.9 Å². The number of rotatable bonds is 5. The van der Waals surface area contributed by atoms with Crippen LogP contribution in [0.2, 0.25) is 0 Å². The number of hydrogen-bond acceptors (Lipinski definition) is 7. The molecule has 4 rings (SSSR count). The van der Waals surface area contributed by atoms with E-state index in [9.17, 15) is 10.1 Å². The van der Waals surface area contributed by atoms with Gasteiger partial charge >= 0.3 is 0 Å².